The van der Waals surface area contributed by atoms with E-state index in [1.807, 2.05) is 25.7 Å². The first-order valence-corrected chi connectivity index (χ1v) is 8.10. The molecule has 0 saturated carbocycles. The molecule has 0 aliphatic carbocycles. The topological polar surface area (TPSA) is 61.4 Å². The maximum absolute atomic E-state index is 12.2. The van der Waals surface area contributed by atoms with E-state index in [9.17, 15) is 9.59 Å². The van der Waals surface area contributed by atoms with Gasteiger partial charge in [-0.2, -0.15) is 0 Å². The molecule has 2 saturated heterocycles. The zero-order chi connectivity index (χ0) is 15.5. The molecule has 0 unspecified atom stereocenters. The Bertz CT molecular complexity index is 375. The first-order valence-electron chi connectivity index (χ1n) is 8.10. The average Bonchev–Trinajstić information content (AvgIpc) is 2.73. The highest BCUT2D eigenvalue weighted by Gasteiger charge is 2.31. The van der Waals surface area contributed by atoms with Crippen LogP contribution in [-0.4, -0.2) is 49.4 Å². The van der Waals surface area contributed by atoms with Gasteiger partial charge in [0, 0.05) is 19.5 Å². The van der Waals surface area contributed by atoms with Gasteiger partial charge in [-0.15, -0.1) is 0 Å². The lowest BCUT2D eigenvalue weighted by Gasteiger charge is -2.22. The monoisotopic (exact) mass is 295 g/mol. The molecule has 0 radical (unpaired) electrons. The molecule has 0 aromatic carbocycles. The van der Waals surface area contributed by atoms with Gasteiger partial charge in [-0.25, -0.2) is 0 Å². The molecule has 2 amide bonds. The Kier molecular flexibility index (Phi) is 5.25. The Hall–Kier alpha value is -1.10. The second-order valence-corrected chi connectivity index (χ2v) is 7.65. The molecular formula is C16H29N3O2. The first kappa shape index (κ1) is 16.3. The van der Waals surface area contributed by atoms with E-state index >= 15 is 0 Å². The van der Waals surface area contributed by atoms with Crippen LogP contribution in [0.4, 0.5) is 0 Å². The van der Waals surface area contributed by atoms with Crippen molar-refractivity contribution in [3.63, 3.8) is 0 Å². The van der Waals surface area contributed by atoms with Crippen LogP contribution in [0.3, 0.4) is 0 Å². The highest BCUT2D eigenvalue weighted by atomic mass is 16.2. The molecular weight excluding hydrogens is 266 g/mol. The molecule has 2 rings (SSSR count). The van der Waals surface area contributed by atoms with E-state index in [1.165, 1.54) is 0 Å². The fourth-order valence-corrected chi connectivity index (χ4v) is 3.30. The molecule has 0 bridgehead atoms. The van der Waals surface area contributed by atoms with Crippen molar-refractivity contribution in [2.45, 2.75) is 40.0 Å². The molecule has 120 valence electrons. The summed E-state index contributed by atoms with van der Waals surface area (Å²) in [4.78, 5) is 25.9. The molecule has 0 spiro atoms. The molecule has 2 fully saturated rings. The van der Waals surface area contributed by atoms with Gasteiger partial charge in [-0.3, -0.25) is 9.59 Å². The summed E-state index contributed by atoms with van der Waals surface area (Å²) in [6.45, 7) is 10.1. The maximum atomic E-state index is 12.2. The summed E-state index contributed by atoms with van der Waals surface area (Å²) in [5, 5.41) is 6.20. The van der Waals surface area contributed by atoms with Crippen molar-refractivity contribution in [3.05, 3.63) is 0 Å². The molecule has 5 heteroatoms. The van der Waals surface area contributed by atoms with Crippen LogP contribution in [0.15, 0.2) is 0 Å². The Balaban J connectivity index is 1.74. The summed E-state index contributed by atoms with van der Waals surface area (Å²) in [6, 6.07) is 0. The van der Waals surface area contributed by atoms with Crippen LogP contribution in [0.5, 0.6) is 0 Å². The second-order valence-electron chi connectivity index (χ2n) is 7.65. The van der Waals surface area contributed by atoms with Crippen LogP contribution in [0.2, 0.25) is 0 Å². The third kappa shape index (κ3) is 4.99. The van der Waals surface area contributed by atoms with Gasteiger partial charge >= 0.3 is 0 Å². The fraction of sp³-hybridized carbons (Fsp3) is 0.875. The molecule has 2 heterocycles. The minimum Gasteiger partial charge on any atom is -0.347 e. The number of carbonyl (C=O) groups is 2. The number of amides is 2. The van der Waals surface area contributed by atoms with E-state index in [2.05, 4.69) is 10.6 Å². The number of rotatable bonds is 3. The quantitative estimate of drug-likeness (QED) is 0.816. The van der Waals surface area contributed by atoms with Crippen molar-refractivity contribution in [1.29, 1.82) is 0 Å². The van der Waals surface area contributed by atoms with Gasteiger partial charge < -0.3 is 15.5 Å². The van der Waals surface area contributed by atoms with Crippen LogP contribution in [0.25, 0.3) is 0 Å². The largest absolute Gasteiger partial charge is 0.347 e. The number of carbonyl (C=O) groups excluding carboxylic acids is 2. The van der Waals surface area contributed by atoms with E-state index in [0.29, 0.717) is 6.42 Å². The first-order chi connectivity index (χ1) is 9.85. The molecule has 21 heavy (non-hydrogen) atoms. The van der Waals surface area contributed by atoms with Crippen molar-refractivity contribution < 1.29 is 9.59 Å². The van der Waals surface area contributed by atoms with Gasteiger partial charge in [0.1, 0.15) is 0 Å². The van der Waals surface area contributed by atoms with E-state index in [4.69, 9.17) is 0 Å². The number of fused-ring (bicyclic) bond motifs is 1. The Morgan fingerprint density at radius 1 is 1.14 bits per heavy atom. The van der Waals surface area contributed by atoms with E-state index in [0.717, 1.165) is 50.9 Å². The van der Waals surface area contributed by atoms with Crippen molar-refractivity contribution in [1.82, 2.24) is 15.5 Å². The van der Waals surface area contributed by atoms with Gasteiger partial charge in [-0.1, -0.05) is 20.8 Å². The van der Waals surface area contributed by atoms with E-state index < -0.39 is 0 Å². The smallest absolute Gasteiger partial charge is 0.241 e. The SMILES string of the molecule is CC(C)(C)CC(=O)NCC(=O)N1CC[C@@H]2CNC[C@@H]2CC1. The molecule has 2 aliphatic rings. The van der Waals surface area contributed by atoms with Crippen molar-refractivity contribution in [2.75, 3.05) is 32.7 Å². The maximum Gasteiger partial charge on any atom is 0.241 e. The summed E-state index contributed by atoms with van der Waals surface area (Å²) in [5.41, 5.74) is -0.0415. The molecule has 5 nitrogen and oxygen atoms in total. The van der Waals surface area contributed by atoms with Crippen molar-refractivity contribution >= 4 is 11.8 Å². The summed E-state index contributed by atoms with van der Waals surface area (Å²) in [5.74, 6) is 1.47. The lowest BCUT2D eigenvalue weighted by Crippen LogP contribution is -2.41. The minimum absolute atomic E-state index is 0.0354. The lowest BCUT2D eigenvalue weighted by molar-refractivity contribution is -0.133. The summed E-state index contributed by atoms with van der Waals surface area (Å²) >= 11 is 0. The second kappa shape index (κ2) is 6.77. The third-order valence-electron chi connectivity index (χ3n) is 4.50. The molecule has 0 aromatic heterocycles. The zero-order valence-electron chi connectivity index (χ0n) is 13.6. The van der Waals surface area contributed by atoms with Gasteiger partial charge in [0.05, 0.1) is 6.54 Å². The normalized spacial score (nSPS) is 26.1. The van der Waals surface area contributed by atoms with Crippen LogP contribution in [0, 0.1) is 17.3 Å². The average molecular weight is 295 g/mol. The Morgan fingerprint density at radius 2 is 1.71 bits per heavy atom. The molecule has 2 aliphatic heterocycles. The van der Waals surface area contributed by atoms with E-state index in [1.54, 1.807) is 0 Å². The molecule has 0 aromatic rings. The number of hydrogen-bond acceptors (Lipinski definition) is 3. The Morgan fingerprint density at radius 3 is 2.24 bits per heavy atom. The standard InChI is InChI=1S/C16H29N3O2/c1-16(2,3)8-14(20)18-11-15(21)19-6-4-12-9-17-10-13(12)5-7-19/h12-13,17H,4-11H2,1-3H3,(H,18,20)/t12-,13+. The molecule has 2 atom stereocenters. The van der Waals surface area contributed by atoms with Crippen molar-refractivity contribution in [3.8, 4) is 0 Å². The van der Waals surface area contributed by atoms with Crippen LogP contribution in [-0.2, 0) is 9.59 Å². The Labute approximate surface area is 127 Å². The van der Waals surface area contributed by atoms with Crippen molar-refractivity contribution in [2.24, 2.45) is 17.3 Å². The summed E-state index contributed by atoms with van der Waals surface area (Å²) in [7, 11) is 0. The number of hydrogen-bond donors (Lipinski definition) is 2. The van der Waals surface area contributed by atoms with Gasteiger partial charge in [-0.05, 0) is 43.2 Å². The minimum atomic E-state index is -0.0415. The predicted octanol–water partition coefficient (Wildman–Crippen LogP) is 0.997. The highest BCUT2D eigenvalue weighted by molar-refractivity contribution is 5.84. The zero-order valence-corrected chi connectivity index (χ0v) is 13.6. The predicted molar refractivity (Wildman–Crippen MR) is 82.7 cm³/mol. The van der Waals surface area contributed by atoms with Gasteiger partial charge in [0.15, 0.2) is 0 Å². The van der Waals surface area contributed by atoms with Gasteiger partial charge in [0.25, 0.3) is 0 Å². The van der Waals surface area contributed by atoms with Gasteiger partial charge in [0.2, 0.25) is 11.8 Å². The van der Waals surface area contributed by atoms with Crippen LogP contribution in [0.1, 0.15) is 40.0 Å². The number of nitrogens with zero attached hydrogens (tertiary/aromatic N) is 1. The fourth-order valence-electron chi connectivity index (χ4n) is 3.30. The number of nitrogens with one attached hydrogen (secondary N) is 2. The number of likely N-dealkylation sites (tertiary alicyclic amines) is 1. The summed E-state index contributed by atoms with van der Waals surface area (Å²) < 4.78 is 0. The van der Waals surface area contributed by atoms with Crippen LogP contribution < -0.4 is 10.6 Å². The highest BCUT2D eigenvalue weighted by Crippen LogP contribution is 2.27. The van der Waals surface area contributed by atoms with E-state index in [-0.39, 0.29) is 23.8 Å². The summed E-state index contributed by atoms with van der Waals surface area (Å²) in [6.07, 6.45) is 2.62. The molecule has 2 N–H and O–H groups in total. The third-order valence-corrected chi connectivity index (χ3v) is 4.50. The lowest BCUT2D eigenvalue weighted by atomic mass is 9.92. The van der Waals surface area contributed by atoms with Crippen LogP contribution >= 0.6 is 0 Å².